The SMILES string of the molecule is CC1CC(C)(C)N(C)c2ccc(/C=N/NC(=O)c3cccc(Br)c3)cc21. The van der Waals surface area contributed by atoms with Crippen LogP contribution in [-0.4, -0.2) is 24.7 Å². The smallest absolute Gasteiger partial charge is 0.271 e. The summed E-state index contributed by atoms with van der Waals surface area (Å²) in [4.78, 5) is 14.5. The standard InChI is InChI=1S/C21H24BrN3O/c1-14-12-21(2,3)25(4)19-9-8-15(10-18(14)19)13-23-24-20(26)16-6-5-7-17(22)11-16/h5-11,13-14H,12H2,1-4H3,(H,24,26)/b23-13+. The third kappa shape index (κ3) is 3.83. The summed E-state index contributed by atoms with van der Waals surface area (Å²) in [5, 5.41) is 4.12. The fraction of sp³-hybridized carbons (Fsp3) is 0.333. The van der Waals surface area contributed by atoms with Gasteiger partial charge in [-0.3, -0.25) is 4.79 Å². The minimum absolute atomic E-state index is 0.153. The zero-order valence-electron chi connectivity index (χ0n) is 15.6. The Kier molecular flexibility index (Phi) is 5.19. The quantitative estimate of drug-likeness (QED) is 0.572. The number of benzene rings is 2. The Labute approximate surface area is 163 Å². The lowest BCUT2D eigenvalue weighted by molar-refractivity contribution is 0.0955. The Hall–Kier alpha value is -2.14. The summed E-state index contributed by atoms with van der Waals surface area (Å²) >= 11 is 3.37. The summed E-state index contributed by atoms with van der Waals surface area (Å²) in [6.45, 7) is 6.82. The molecule has 4 nitrogen and oxygen atoms in total. The van der Waals surface area contributed by atoms with Crippen molar-refractivity contribution in [2.75, 3.05) is 11.9 Å². The molecule has 1 aliphatic heterocycles. The number of amides is 1. The number of rotatable bonds is 3. The van der Waals surface area contributed by atoms with E-state index in [9.17, 15) is 4.79 Å². The first-order chi connectivity index (χ1) is 12.3. The molecule has 1 unspecified atom stereocenters. The molecule has 3 rings (SSSR count). The van der Waals surface area contributed by atoms with E-state index in [1.807, 2.05) is 18.2 Å². The van der Waals surface area contributed by atoms with Crippen molar-refractivity contribution in [2.45, 2.75) is 38.6 Å². The molecule has 26 heavy (non-hydrogen) atoms. The number of hydrogen-bond acceptors (Lipinski definition) is 3. The molecule has 0 aliphatic carbocycles. The summed E-state index contributed by atoms with van der Waals surface area (Å²) in [6.07, 6.45) is 2.80. The van der Waals surface area contributed by atoms with E-state index in [0.717, 1.165) is 16.5 Å². The minimum Gasteiger partial charge on any atom is -0.369 e. The van der Waals surface area contributed by atoms with Gasteiger partial charge in [-0.05, 0) is 67.6 Å². The predicted octanol–water partition coefficient (Wildman–Crippen LogP) is 4.94. The van der Waals surface area contributed by atoms with E-state index in [0.29, 0.717) is 11.5 Å². The highest BCUT2D eigenvalue weighted by atomic mass is 79.9. The van der Waals surface area contributed by atoms with Crippen molar-refractivity contribution in [3.8, 4) is 0 Å². The van der Waals surface area contributed by atoms with Gasteiger partial charge in [0, 0.05) is 28.3 Å². The van der Waals surface area contributed by atoms with Crippen LogP contribution in [0.1, 0.15) is 54.6 Å². The Morgan fingerprint density at radius 2 is 2.08 bits per heavy atom. The number of nitrogens with zero attached hydrogens (tertiary/aromatic N) is 2. The normalized spacial score (nSPS) is 18.7. The highest BCUT2D eigenvalue weighted by molar-refractivity contribution is 9.10. The number of anilines is 1. The van der Waals surface area contributed by atoms with Crippen LogP contribution < -0.4 is 10.3 Å². The highest BCUT2D eigenvalue weighted by Crippen LogP contribution is 2.42. The Bertz CT molecular complexity index is 860. The van der Waals surface area contributed by atoms with Gasteiger partial charge in [0.15, 0.2) is 0 Å². The zero-order valence-corrected chi connectivity index (χ0v) is 17.2. The maximum absolute atomic E-state index is 12.1. The molecule has 2 aromatic rings. The summed E-state index contributed by atoms with van der Waals surface area (Å²) < 4.78 is 0.866. The van der Waals surface area contributed by atoms with E-state index >= 15 is 0 Å². The molecule has 2 aromatic carbocycles. The maximum Gasteiger partial charge on any atom is 0.271 e. The zero-order chi connectivity index (χ0) is 18.9. The van der Waals surface area contributed by atoms with Crippen molar-refractivity contribution in [1.29, 1.82) is 0 Å². The van der Waals surface area contributed by atoms with Gasteiger partial charge < -0.3 is 4.90 Å². The van der Waals surface area contributed by atoms with Crippen LogP contribution in [0.5, 0.6) is 0 Å². The first kappa shape index (κ1) is 18.6. The second kappa shape index (κ2) is 7.23. The van der Waals surface area contributed by atoms with E-state index in [-0.39, 0.29) is 11.4 Å². The largest absolute Gasteiger partial charge is 0.369 e. The Morgan fingerprint density at radius 1 is 1.31 bits per heavy atom. The summed E-state index contributed by atoms with van der Waals surface area (Å²) in [5.41, 5.74) is 6.89. The third-order valence-corrected chi connectivity index (χ3v) is 5.62. The lowest BCUT2D eigenvalue weighted by Crippen LogP contribution is -2.45. The number of fused-ring (bicyclic) bond motifs is 1. The maximum atomic E-state index is 12.1. The first-order valence-electron chi connectivity index (χ1n) is 8.75. The van der Waals surface area contributed by atoms with Gasteiger partial charge in [-0.1, -0.05) is 35.0 Å². The highest BCUT2D eigenvalue weighted by Gasteiger charge is 2.33. The van der Waals surface area contributed by atoms with Crippen LogP contribution in [0.4, 0.5) is 5.69 Å². The van der Waals surface area contributed by atoms with Gasteiger partial charge in [-0.2, -0.15) is 5.10 Å². The van der Waals surface area contributed by atoms with Crippen LogP contribution in [-0.2, 0) is 0 Å². The van der Waals surface area contributed by atoms with Gasteiger partial charge in [0.2, 0.25) is 0 Å². The molecule has 1 amide bonds. The average Bonchev–Trinajstić information content (AvgIpc) is 2.59. The Morgan fingerprint density at radius 3 is 2.81 bits per heavy atom. The van der Waals surface area contributed by atoms with E-state index in [1.165, 1.54) is 11.3 Å². The van der Waals surface area contributed by atoms with Crippen molar-refractivity contribution < 1.29 is 4.79 Å². The van der Waals surface area contributed by atoms with E-state index in [1.54, 1.807) is 18.3 Å². The lowest BCUT2D eigenvalue weighted by Gasteiger charge is -2.45. The van der Waals surface area contributed by atoms with Crippen LogP contribution in [0, 0.1) is 0 Å². The average molecular weight is 414 g/mol. The predicted molar refractivity (Wildman–Crippen MR) is 111 cm³/mol. The number of carbonyl (C=O) groups excluding carboxylic acids is 1. The van der Waals surface area contributed by atoms with E-state index in [2.05, 4.69) is 71.3 Å². The van der Waals surface area contributed by atoms with Crippen LogP contribution in [0.15, 0.2) is 52.0 Å². The molecular weight excluding hydrogens is 390 g/mol. The molecule has 136 valence electrons. The molecule has 1 aliphatic rings. The Balaban J connectivity index is 1.74. The molecular formula is C21H24BrN3O. The summed E-state index contributed by atoms with van der Waals surface area (Å²) in [6, 6.07) is 13.6. The van der Waals surface area contributed by atoms with Crippen LogP contribution in [0.3, 0.4) is 0 Å². The van der Waals surface area contributed by atoms with Gasteiger partial charge in [-0.15, -0.1) is 0 Å². The molecule has 5 heteroatoms. The van der Waals surface area contributed by atoms with E-state index in [4.69, 9.17) is 0 Å². The van der Waals surface area contributed by atoms with Gasteiger partial charge in [0.1, 0.15) is 0 Å². The van der Waals surface area contributed by atoms with Gasteiger partial charge in [-0.25, -0.2) is 5.43 Å². The molecule has 0 spiro atoms. The second-order valence-corrected chi connectivity index (χ2v) is 8.42. The van der Waals surface area contributed by atoms with Crippen molar-refractivity contribution >= 4 is 33.7 Å². The number of hydrogen-bond donors (Lipinski definition) is 1. The monoisotopic (exact) mass is 413 g/mol. The number of carbonyl (C=O) groups is 1. The van der Waals surface area contributed by atoms with Gasteiger partial charge in [0.05, 0.1) is 6.21 Å². The molecule has 1 N–H and O–H groups in total. The number of hydrazone groups is 1. The number of halogens is 1. The van der Waals surface area contributed by atoms with Gasteiger partial charge >= 0.3 is 0 Å². The van der Waals surface area contributed by atoms with Crippen LogP contribution >= 0.6 is 15.9 Å². The topological polar surface area (TPSA) is 44.7 Å². The fourth-order valence-corrected chi connectivity index (χ4v) is 3.93. The molecule has 0 bridgehead atoms. The fourth-order valence-electron chi connectivity index (χ4n) is 3.54. The first-order valence-corrected chi connectivity index (χ1v) is 9.54. The summed E-state index contributed by atoms with van der Waals surface area (Å²) in [5.74, 6) is 0.260. The molecule has 0 saturated heterocycles. The van der Waals surface area contributed by atoms with Gasteiger partial charge in [0.25, 0.3) is 5.91 Å². The van der Waals surface area contributed by atoms with Crippen molar-refractivity contribution in [3.63, 3.8) is 0 Å². The second-order valence-electron chi connectivity index (χ2n) is 7.50. The summed E-state index contributed by atoms with van der Waals surface area (Å²) in [7, 11) is 2.15. The molecule has 0 saturated carbocycles. The van der Waals surface area contributed by atoms with Crippen molar-refractivity contribution in [2.24, 2.45) is 5.10 Å². The van der Waals surface area contributed by atoms with Crippen molar-refractivity contribution in [3.05, 3.63) is 63.6 Å². The van der Waals surface area contributed by atoms with Crippen molar-refractivity contribution in [1.82, 2.24) is 5.43 Å². The molecule has 1 atom stereocenters. The molecule has 0 fully saturated rings. The van der Waals surface area contributed by atoms with Crippen LogP contribution in [0.25, 0.3) is 0 Å². The van der Waals surface area contributed by atoms with Crippen LogP contribution in [0.2, 0.25) is 0 Å². The molecule has 0 radical (unpaired) electrons. The third-order valence-electron chi connectivity index (χ3n) is 5.12. The van der Waals surface area contributed by atoms with E-state index < -0.39 is 0 Å². The molecule has 0 aromatic heterocycles. The number of nitrogens with one attached hydrogen (secondary N) is 1. The molecule has 1 heterocycles. The minimum atomic E-state index is -0.227. The lowest BCUT2D eigenvalue weighted by atomic mass is 9.80.